The summed E-state index contributed by atoms with van der Waals surface area (Å²) < 4.78 is 5.77. The molecule has 0 fully saturated rings. The van der Waals surface area contributed by atoms with Crippen LogP contribution in [-0.2, 0) is 4.79 Å². The van der Waals surface area contributed by atoms with Gasteiger partial charge < -0.3 is 9.73 Å². The fourth-order valence-corrected chi connectivity index (χ4v) is 4.58. The highest BCUT2D eigenvalue weighted by Gasteiger charge is 2.42. The van der Waals surface area contributed by atoms with E-state index in [0.717, 1.165) is 17.8 Å². The van der Waals surface area contributed by atoms with Gasteiger partial charge in [-0.3, -0.25) is 14.5 Å². The van der Waals surface area contributed by atoms with Crippen LogP contribution < -0.4 is 10.2 Å². The number of nitrogens with zero attached hydrogens (tertiary/aromatic N) is 1. The molecule has 0 spiro atoms. The van der Waals surface area contributed by atoms with Crippen molar-refractivity contribution in [3.63, 3.8) is 0 Å². The lowest BCUT2D eigenvalue weighted by atomic mass is 9.83. The van der Waals surface area contributed by atoms with Crippen molar-refractivity contribution >= 4 is 34.7 Å². The summed E-state index contributed by atoms with van der Waals surface area (Å²) in [6, 6.07) is 17.3. The second kappa shape index (κ2) is 7.75. The van der Waals surface area contributed by atoms with Crippen molar-refractivity contribution < 1.29 is 14.0 Å². The average molecular weight is 433 g/mol. The summed E-state index contributed by atoms with van der Waals surface area (Å²) in [5, 5.41) is 4.02. The molecule has 2 heterocycles. The molecule has 2 atom stereocenters. The minimum atomic E-state index is -0.663. The predicted molar refractivity (Wildman–Crippen MR) is 120 cm³/mol. The van der Waals surface area contributed by atoms with Gasteiger partial charge in [0.25, 0.3) is 5.91 Å². The number of Topliss-reactive ketones (excluding diaryl/α,β-unsaturated/α-hetero) is 1. The molecule has 3 aromatic rings. The lowest BCUT2D eigenvalue weighted by Gasteiger charge is -2.33. The fraction of sp³-hybridized carbons (Fsp3) is 0.200. The van der Waals surface area contributed by atoms with E-state index in [-0.39, 0.29) is 17.6 Å². The molecule has 5 rings (SSSR count). The maximum atomic E-state index is 13.9. The number of carbonyl (C=O) groups excluding carboxylic acids is 2. The standard InChI is InChI=1S/C25H21ClN2O3/c1-15-13-19-23(21(29)14-15)24(22-7-4-12-31-22)28(20-6-3-2-5-18(20)27-19)25(30)16-8-10-17(26)11-9-16/h2-12,15,24,27H,13-14H2,1H3. The minimum Gasteiger partial charge on any atom is -0.467 e. The van der Waals surface area contributed by atoms with Gasteiger partial charge in [-0.1, -0.05) is 30.7 Å². The number of furan rings is 1. The van der Waals surface area contributed by atoms with Gasteiger partial charge in [-0.15, -0.1) is 0 Å². The number of hydrogen-bond acceptors (Lipinski definition) is 4. The molecule has 2 aliphatic rings. The number of hydrogen-bond donors (Lipinski definition) is 1. The third kappa shape index (κ3) is 3.45. The molecule has 1 amide bonds. The summed E-state index contributed by atoms with van der Waals surface area (Å²) in [7, 11) is 0. The van der Waals surface area contributed by atoms with E-state index in [0.29, 0.717) is 34.0 Å². The van der Waals surface area contributed by atoms with Crippen LogP contribution in [0.3, 0.4) is 0 Å². The Morgan fingerprint density at radius 2 is 1.84 bits per heavy atom. The van der Waals surface area contributed by atoms with E-state index in [1.807, 2.05) is 30.3 Å². The van der Waals surface area contributed by atoms with Crippen molar-refractivity contribution in [2.75, 3.05) is 10.2 Å². The minimum absolute atomic E-state index is 0.0318. The first-order chi connectivity index (χ1) is 15.0. The molecule has 2 aromatic carbocycles. The van der Waals surface area contributed by atoms with Gasteiger partial charge in [-0.25, -0.2) is 0 Å². The Labute approximate surface area is 185 Å². The molecule has 6 heteroatoms. The van der Waals surface area contributed by atoms with E-state index in [9.17, 15) is 9.59 Å². The lowest BCUT2D eigenvalue weighted by Crippen LogP contribution is -2.38. The van der Waals surface area contributed by atoms with Crippen LogP contribution in [0.1, 0.15) is 41.9 Å². The average Bonchev–Trinajstić information content (AvgIpc) is 3.23. The Morgan fingerprint density at radius 3 is 2.58 bits per heavy atom. The first-order valence-corrected chi connectivity index (χ1v) is 10.7. The normalized spacial score (nSPS) is 20.6. The monoisotopic (exact) mass is 432 g/mol. The van der Waals surface area contributed by atoms with Crippen LogP contribution in [0, 0.1) is 5.92 Å². The Kier molecular flexibility index (Phi) is 4.91. The first-order valence-electron chi connectivity index (χ1n) is 10.3. The first kappa shape index (κ1) is 19.6. The summed E-state index contributed by atoms with van der Waals surface area (Å²) >= 11 is 6.04. The van der Waals surface area contributed by atoms with Crippen molar-refractivity contribution in [1.82, 2.24) is 0 Å². The zero-order valence-electron chi connectivity index (χ0n) is 17.0. The Morgan fingerprint density at radius 1 is 1.06 bits per heavy atom. The molecule has 1 aliphatic carbocycles. The molecule has 2 unspecified atom stereocenters. The van der Waals surface area contributed by atoms with Gasteiger partial charge >= 0.3 is 0 Å². The number of benzene rings is 2. The Balaban J connectivity index is 1.76. The summed E-state index contributed by atoms with van der Waals surface area (Å²) in [6.07, 6.45) is 2.74. The molecule has 1 N–H and O–H groups in total. The smallest absolute Gasteiger partial charge is 0.259 e. The van der Waals surface area contributed by atoms with Crippen LogP contribution in [-0.4, -0.2) is 11.7 Å². The van der Waals surface area contributed by atoms with Crippen LogP contribution in [0.4, 0.5) is 11.4 Å². The largest absolute Gasteiger partial charge is 0.467 e. The maximum absolute atomic E-state index is 13.9. The number of nitrogens with one attached hydrogen (secondary N) is 1. The number of para-hydroxylation sites is 2. The lowest BCUT2D eigenvalue weighted by molar-refractivity contribution is -0.117. The quantitative estimate of drug-likeness (QED) is 0.539. The van der Waals surface area contributed by atoms with Gasteiger partial charge in [-0.2, -0.15) is 0 Å². The molecule has 0 saturated heterocycles. The van der Waals surface area contributed by atoms with Crippen molar-refractivity contribution in [2.24, 2.45) is 5.92 Å². The van der Waals surface area contributed by atoms with Crippen molar-refractivity contribution in [3.8, 4) is 0 Å². The van der Waals surface area contributed by atoms with Crippen molar-refractivity contribution in [3.05, 3.63) is 94.5 Å². The van der Waals surface area contributed by atoms with Gasteiger partial charge in [0, 0.05) is 28.3 Å². The number of allylic oxidation sites excluding steroid dienone is 1. The highest BCUT2D eigenvalue weighted by Crippen LogP contribution is 2.46. The van der Waals surface area contributed by atoms with Gasteiger partial charge in [0.15, 0.2) is 5.78 Å². The Hall–Kier alpha value is -3.31. The van der Waals surface area contributed by atoms with Crippen molar-refractivity contribution in [1.29, 1.82) is 0 Å². The molecule has 0 saturated carbocycles. The van der Waals surface area contributed by atoms with E-state index < -0.39 is 6.04 Å². The van der Waals surface area contributed by atoms with E-state index in [2.05, 4.69) is 12.2 Å². The number of halogens is 1. The highest BCUT2D eigenvalue weighted by atomic mass is 35.5. The highest BCUT2D eigenvalue weighted by molar-refractivity contribution is 6.30. The third-order valence-electron chi connectivity index (χ3n) is 5.82. The zero-order valence-corrected chi connectivity index (χ0v) is 17.7. The molecule has 1 aliphatic heterocycles. The summed E-state index contributed by atoms with van der Waals surface area (Å²) in [5.41, 5.74) is 3.40. The predicted octanol–water partition coefficient (Wildman–Crippen LogP) is 6.00. The molecule has 156 valence electrons. The van der Waals surface area contributed by atoms with Crippen molar-refractivity contribution in [2.45, 2.75) is 25.8 Å². The number of ketones is 1. The third-order valence-corrected chi connectivity index (χ3v) is 6.07. The molecular formula is C25H21ClN2O3. The number of amides is 1. The van der Waals surface area contributed by atoms with E-state index in [1.54, 1.807) is 41.5 Å². The molecule has 5 nitrogen and oxygen atoms in total. The molecule has 31 heavy (non-hydrogen) atoms. The second-order valence-electron chi connectivity index (χ2n) is 8.07. The van der Waals surface area contributed by atoms with E-state index in [1.165, 1.54) is 0 Å². The number of fused-ring (bicyclic) bond motifs is 1. The summed E-state index contributed by atoms with van der Waals surface area (Å²) in [6.45, 7) is 2.07. The topological polar surface area (TPSA) is 62.6 Å². The molecule has 0 radical (unpaired) electrons. The number of carbonyl (C=O) groups is 2. The van der Waals surface area contributed by atoms with Gasteiger partial charge in [0.05, 0.1) is 17.6 Å². The van der Waals surface area contributed by atoms with Crippen LogP contribution in [0.2, 0.25) is 5.02 Å². The molecule has 0 bridgehead atoms. The van der Waals surface area contributed by atoms with E-state index in [4.69, 9.17) is 16.0 Å². The zero-order chi connectivity index (χ0) is 21.5. The number of anilines is 2. The van der Waals surface area contributed by atoms with Crippen LogP contribution >= 0.6 is 11.6 Å². The number of rotatable bonds is 2. The van der Waals surface area contributed by atoms with E-state index >= 15 is 0 Å². The van der Waals surface area contributed by atoms with Gasteiger partial charge in [-0.05, 0) is 60.9 Å². The SMILES string of the molecule is CC1CC(=O)C2=C(C1)Nc1ccccc1N(C(=O)c1ccc(Cl)cc1)C2c1ccco1. The molecule has 1 aromatic heterocycles. The molecular weight excluding hydrogens is 412 g/mol. The Bertz CT molecular complexity index is 1180. The van der Waals surface area contributed by atoms with Crippen LogP contribution in [0.5, 0.6) is 0 Å². The van der Waals surface area contributed by atoms with Gasteiger partial charge in [0.2, 0.25) is 0 Å². The van der Waals surface area contributed by atoms with Gasteiger partial charge in [0.1, 0.15) is 11.8 Å². The fourth-order valence-electron chi connectivity index (χ4n) is 4.46. The van der Waals surface area contributed by atoms with Crippen LogP contribution in [0.25, 0.3) is 0 Å². The summed E-state index contributed by atoms with van der Waals surface area (Å²) in [4.78, 5) is 28.8. The second-order valence-corrected chi connectivity index (χ2v) is 8.51. The maximum Gasteiger partial charge on any atom is 0.259 e. The van der Waals surface area contributed by atoms with Crippen LogP contribution in [0.15, 0.2) is 82.6 Å². The summed E-state index contributed by atoms with van der Waals surface area (Å²) in [5.74, 6) is 0.578.